The number of rotatable bonds is 2. The molecule has 2 aromatic rings. The van der Waals surface area contributed by atoms with Crippen LogP contribution in [-0.4, -0.2) is 0 Å². The molecule has 0 aliphatic heterocycles. The predicted molar refractivity (Wildman–Crippen MR) is 117 cm³/mol. The van der Waals surface area contributed by atoms with Crippen LogP contribution < -0.4 is 10.4 Å². The SMILES string of the molecule is C1=CC2=CC=C(C3=c4ccccc4=C(c4ccccc4)C4=CC=CC43)C2C=C1. The normalized spacial score (nSPS) is 23.8. The Morgan fingerprint density at radius 2 is 1.36 bits per heavy atom. The van der Waals surface area contributed by atoms with Gasteiger partial charge in [-0.1, -0.05) is 109 Å². The van der Waals surface area contributed by atoms with Gasteiger partial charge in [-0.25, -0.2) is 0 Å². The highest BCUT2D eigenvalue weighted by Crippen LogP contribution is 2.45. The van der Waals surface area contributed by atoms with E-state index in [1.54, 1.807) is 0 Å². The summed E-state index contributed by atoms with van der Waals surface area (Å²) in [7, 11) is 0. The molecule has 0 radical (unpaired) electrons. The molecule has 4 aliphatic rings. The average Bonchev–Trinajstić information content (AvgIpc) is 3.40. The van der Waals surface area contributed by atoms with Crippen molar-refractivity contribution in [3.63, 3.8) is 0 Å². The lowest BCUT2D eigenvalue weighted by atomic mass is 9.74. The van der Waals surface area contributed by atoms with E-state index in [4.69, 9.17) is 0 Å². The van der Waals surface area contributed by atoms with Crippen molar-refractivity contribution in [1.29, 1.82) is 0 Å². The molecule has 0 heteroatoms. The molecule has 0 saturated carbocycles. The molecule has 0 fully saturated rings. The van der Waals surface area contributed by atoms with Crippen LogP contribution >= 0.6 is 0 Å². The quantitative estimate of drug-likeness (QED) is 0.727. The van der Waals surface area contributed by atoms with Crippen LogP contribution in [-0.2, 0) is 0 Å². The molecule has 2 atom stereocenters. The van der Waals surface area contributed by atoms with Gasteiger partial charge in [0.15, 0.2) is 0 Å². The molecule has 4 aliphatic carbocycles. The van der Waals surface area contributed by atoms with Crippen molar-refractivity contribution in [2.24, 2.45) is 11.8 Å². The zero-order valence-corrected chi connectivity index (χ0v) is 15.5. The number of benzene rings is 2. The molecule has 28 heavy (non-hydrogen) atoms. The van der Waals surface area contributed by atoms with Gasteiger partial charge in [0.25, 0.3) is 0 Å². The van der Waals surface area contributed by atoms with Crippen LogP contribution in [0.3, 0.4) is 0 Å². The molecule has 0 bridgehead atoms. The van der Waals surface area contributed by atoms with Crippen molar-refractivity contribution in [2.75, 3.05) is 0 Å². The minimum Gasteiger partial charge on any atom is -0.0726 e. The summed E-state index contributed by atoms with van der Waals surface area (Å²) in [6, 6.07) is 19.8. The van der Waals surface area contributed by atoms with Crippen molar-refractivity contribution in [1.82, 2.24) is 0 Å². The molecule has 0 spiro atoms. The molecule has 0 amide bonds. The summed E-state index contributed by atoms with van der Waals surface area (Å²) in [5.74, 6) is 0.699. The zero-order valence-electron chi connectivity index (χ0n) is 15.5. The lowest BCUT2D eigenvalue weighted by Crippen LogP contribution is -2.37. The molecule has 0 N–H and O–H groups in total. The fourth-order valence-electron chi connectivity index (χ4n) is 5.04. The molecule has 2 unspecified atom stereocenters. The highest BCUT2D eigenvalue weighted by molar-refractivity contribution is 5.91. The van der Waals surface area contributed by atoms with E-state index >= 15 is 0 Å². The van der Waals surface area contributed by atoms with Crippen molar-refractivity contribution in [3.8, 4) is 0 Å². The highest BCUT2D eigenvalue weighted by atomic mass is 14.4. The summed E-state index contributed by atoms with van der Waals surface area (Å²) < 4.78 is 0. The second-order valence-electron chi connectivity index (χ2n) is 7.70. The van der Waals surface area contributed by atoms with Gasteiger partial charge >= 0.3 is 0 Å². The van der Waals surface area contributed by atoms with Gasteiger partial charge in [0.1, 0.15) is 0 Å². The summed E-state index contributed by atoms with van der Waals surface area (Å²) in [5, 5.41) is 2.72. The van der Waals surface area contributed by atoms with Crippen LogP contribution in [0.25, 0.3) is 11.1 Å². The van der Waals surface area contributed by atoms with E-state index in [1.165, 1.54) is 43.9 Å². The maximum absolute atomic E-state index is 2.37. The first-order valence-corrected chi connectivity index (χ1v) is 9.96. The fraction of sp³-hybridized carbons (Fsp3) is 0.0714. The molecule has 0 heterocycles. The minimum atomic E-state index is 0.323. The van der Waals surface area contributed by atoms with Crippen LogP contribution in [0.15, 0.2) is 126 Å². The average molecular weight is 356 g/mol. The van der Waals surface area contributed by atoms with Crippen LogP contribution in [0.1, 0.15) is 5.56 Å². The minimum absolute atomic E-state index is 0.323. The smallest absolute Gasteiger partial charge is 0.0288 e. The van der Waals surface area contributed by atoms with E-state index in [0.717, 1.165) is 0 Å². The van der Waals surface area contributed by atoms with Crippen LogP contribution in [0, 0.1) is 11.8 Å². The predicted octanol–water partition coefficient (Wildman–Crippen LogP) is 4.77. The van der Waals surface area contributed by atoms with E-state index < -0.39 is 0 Å². The monoisotopic (exact) mass is 356 g/mol. The third kappa shape index (κ3) is 2.18. The van der Waals surface area contributed by atoms with Gasteiger partial charge < -0.3 is 0 Å². The topological polar surface area (TPSA) is 0 Å². The Hall–Kier alpha value is -3.38. The lowest BCUT2D eigenvalue weighted by molar-refractivity contribution is 0.920. The van der Waals surface area contributed by atoms with Gasteiger partial charge in [0, 0.05) is 11.8 Å². The summed E-state index contributed by atoms with van der Waals surface area (Å²) >= 11 is 0. The summed E-state index contributed by atoms with van der Waals surface area (Å²) in [6.07, 6.45) is 20.4. The van der Waals surface area contributed by atoms with Crippen LogP contribution in [0.2, 0.25) is 0 Å². The first kappa shape index (κ1) is 15.7. The number of hydrogen-bond donors (Lipinski definition) is 0. The zero-order chi connectivity index (χ0) is 18.5. The molecule has 132 valence electrons. The largest absolute Gasteiger partial charge is 0.0726 e. The third-order valence-electron chi connectivity index (χ3n) is 6.23. The Balaban J connectivity index is 1.69. The van der Waals surface area contributed by atoms with Crippen molar-refractivity contribution < 1.29 is 0 Å². The molecular weight excluding hydrogens is 336 g/mol. The Morgan fingerprint density at radius 1 is 0.571 bits per heavy atom. The number of fused-ring (bicyclic) bond motifs is 3. The van der Waals surface area contributed by atoms with Crippen molar-refractivity contribution >= 4 is 11.1 Å². The number of hydrogen-bond acceptors (Lipinski definition) is 0. The molecule has 2 aromatic carbocycles. The van der Waals surface area contributed by atoms with Crippen molar-refractivity contribution in [2.45, 2.75) is 0 Å². The van der Waals surface area contributed by atoms with E-state index in [9.17, 15) is 0 Å². The second-order valence-corrected chi connectivity index (χ2v) is 7.70. The molecule has 0 nitrogen and oxygen atoms in total. The van der Waals surface area contributed by atoms with Gasteiger partial charge in [0.2, 0.25) is 0 Å². The summed E-state index contributed by atoms with van der Waals surface area (Å²) in [6.45, 7) is 0. The molecule has 6 rings (SSSR count). The molecular formula is C28H20. The van der Waals surface area contributed by atoms with Gasteiger partial charge in [-0.15, -0.1) is 0 Å². The Labute approximate surface area is 165 Å². The van der Waals surface area contributed by atoms with Gasteiger partial charge in [-0.05, 0) is 43.9 Å². The first-order chi connectivity index (χ1) is 13.9. The Kier molecular flexibility index (Phi) is 3.39. The summed E-state index contributed by atoms with van der Waals surface area (Å²) in [4.78, 5) is 0. The van der Waals surface area contributed by atoms with Crippen molar-refractivity contribution in [3.05, 3.63) is 142 Å². The van der Waals surface area contributed by atoms with Crippen LogP contribution in [0.4, 0.5) is 0 Å². The summed E-state index contributed by atoms with van der Waals surface area (Å²) in [5.41, 5.74) is 8.40. The van der Waals surface area contributed by atoms with Crippen LogP contribution in [0.5, 0.6) is 0 Å². The maximum atomic E-state index is 2.37. The van der Waals surface area contributed by atoms with Gasteiger partial charge in [-0.2, -0.15) is 0 Å². The molecule has 0 saturated heterocycles. The van der Waals surface area contributed by atoms with Gasteiger partial charge in [-0.3, -0.25) is 0 Å². The number of allylic oxidation sites excluding steroid dienone is 12. The lowest BCUT2D eigenvalue weighted by Gasteiger charge is -2.29. The fourth-order valence-corrected chi connectivity index (χ4v) is 5.04. The first-order valence-electron chi connectivity index (χ1n) is 9.96. The van der Waals surface area contributed by atoms with E-state index in [-0.39, 0.29) is 0 Å². The van der Waals surface area contributed by atoms with E-state index in [1.807, 2.05) is 0 Å². The Morgan fingerprint density at radius 3 is 2.25 bits per heavy atom. The third-order valence-corrected chi connectivity index (χ3v) is 6.23. The highest BCUT2D eigenvalue weighted by Gasteiger charge is 2.33. The van der Waals surface area contributed by atoms with E-state index in [2.05, 4.69) is 109 Å². The van der Waals surface area contributed by atoms with E-state index in [0.29, 0.717) is 11.8 Å². The Bertz CT molecular complexity index is 1290. The van der Waals surface area contributed by atoms with Gasteiger partial charge in [0.05, 0.1) is 0 Å². The second kappa shape index (κ2) is 6.07. The maximum Gasteiger partial charge on any atom is 0.0288 e. The standard InChI is InChI=1S/C28H20/c1-2-10-20(11-3-1)27-22-13-6-7-14-24(22)28(25-16-8-15-23(25)27)26-18-17-19-9-4-5-12-21(19)26/h1-18,21,25H. The molecule has 0 aromatic heterocycles.